The van der Waals surface area contributed by atoms with E-state index in [2.05, 4.69) is 146 Å². The van der Waals surface area contributed by atoms with Crippen molar-refractivity contribution in [1.29, 1.82) is 0 Å². The number of para-hydroxylation sites is 1. The first kappa shape index (κ1) is 28.7. The van der Waals surface area contributed by atoms with Gasteiger partial charge < -0.3 is 8.83 Å². The lowest BCUT2D eigenvalue weighted by molar-refractivity contribution is 0.584. The molecule has 2 aliphatic rings. The van der Waals surface area contributed by atoms with Gasteiger partial charge in [0, 0.05) is 21.7 Å². The van der Waals surface area contributed by atoms with E-state index in [9.17, 15) is 0 Å². The predicted molar refractivity (Wildman–Crippen MR) is 214 cm³/mol. The van der Waals surface area contributed by atoms with Crippen LogP contribution in [0, 0.1) is 5.92 Å². The van der Waals surface area contributed by atoms with Crippen molar-refractivity contribution in [2.24, 2.45) is 5.92 Å². The van der Waals surface area contributed by atoms with E-state index in [0.717, 1.165) is 63.7 Å². The molecule has 0 amide bonds. The van der Waals surface area contributed by atoms with Crippen LogP contribution in [0.4, 0.5) is 0 Å². The maximum atomic E-state index is 6.77. The maximum Gasteiger partial charge on any atom is 0.147 e. The minimum Gasteiger partial charge on any atom is -0.456 e. The van der Waals surface area contributed by atoms with Crippen LogP contribution in [0.1, 0.15) is 35.8 Å². The number of aryl methyl sites for hydroxylation is 1. The molecule has 1 atom stereocenters. The van der Waals surface area contributed by atoms with E-state index in [0.29, 0.717) is 5.92 Å². The number of fused-ring (bicyclic) bond motifs is 9. The molecule has 2 heteroatoms. The van der Waals surface area contributed by atoms with E-state index in [1.807, 2.05) is 6.07 Å². The first-order valence-corrected chi connectivity index (χ1v) is 18.1. The molecule has 0 saturated carbocycles. The zero-order chi connectivity index (χ0) is 33.6. The molecule has 242 valence electrons. The van der Waals surface area contributed by atoms with Gasteiger partial charge in [0.25, 0.3) is 0 Å². The highest BCUT2D eigenvalue weighted by Gasteiger charge is 2.26. The van der Waals surface area contributed by atoms with Gasteiger partial charge in [0.05, 0.1) is 5.56 Å². The highest BCUT2D eigenvalue weighted by Crippen LogP contribution is 2.48. The van der Waals surface area contributed by atoms with Gasteiger partial charge in [-0.15, -0.1) is 0 Å². The Balaban J connectivity index is 1.19. The molecule has 0 fully saturated rings. The second kappa shape index (κ2) is 10.9. The molecule has 2 aromatic heterocycles. The molecular formula is C49H34O2. The van der Waals surface area contributed by atoms with Crippen molar-refractivity contribution in [3.8, 4) is 33.4 Å². The molecule has 0 N–H and O–H groups in total. The Bertz CT molecular complexity index is 2910. The SMILES string of the molecule is C[C@@H]1C=Cc2oc3c(-c4cccc(-c5c6ccccc6c(-c6ccc7c(c6)C=CCC7)c6ccccc56)c4)c4oc5ccccc5c4cc3c2C1. The van der Waals surface area contributed by atoms with E-state index in [1.54, 1.807) is 0 Å². The van der Waals surface area contributed by atoms with Crippen molar-refractivity contribution in [3.05, 3.63) is 156 Å². The lowest BCUT2D eigenvalue weighted by Crippen LogP contribution is -2.00. The van der Waals surface area contributed by atoms with Crippen molar-refractivity contribution in [2.75, 3.05) is 0 Å². The molecule has 2 aliphatic carbocycles. The third-order valence-electron chi connectivity index (χ3n) is 11.2. The van der Waals surface area contributed by atoms with Crippen LogP contribution in [-0.4, -0.2) is 0 Å². The molecule has 0 saturated heterocycles. The molecular weight excluding hydrogens is 621 g/mol. The van der Waals surface area contributed by atoms with Crippen molar-refractivity contribution in [1.82, 2.24) is 0 Å². The zero-order valence-electron chi connectivity index (χ0n) is 28.4. The fourth-order valence-corrected chi connectivity index (χ4v) is 8.89. The first-order chi connectivity index (χ1) is 25.2. The molecule has 0 bridgehead atoms. The molecule has 11 rings (SSSR count). The third-order valence-corrected chi connectivity index (χ3v) is 11.2. The van der Waals surface area contributed by atoms with E-state index < -0.39 is 0 Å². The van der Waals surface area contributed by atoms with Crippen LogP contribution >= 0.6 is 0 Å². The van der Waals surface area contributed by atoms with Crippen LogP contribution in [0.5, 0.6) is 0 Å². The number of furan rings is 2. The Hall–Kier alpha value is -6.12. The molecule has 7 aromatic carbocycles. The molecule has 51 heavy (non-hydrogen) atoms. The summed E-state index contributed by atoms with van der Waals surface area (Å²) in [4.78, 5) is 0. The smallest absolute Gasteiger partial charge is 0.147 e. The summed E-state index contributed by atoms with van der Waals surface area (Å²) in [5.74, 6) is 1.42. The molecule has 2 nitrogen and oxygen atoms in total. The average molecular weight is 655 g/mol. The summed E-state index contributed by atoms with van der Waals surface area (Å²) in [6, 6.07) is 44.6. The van der Waals surface area contributed by atoms with Crippen LogP contribution in [0.15, 0.2) is 142 Å². The van der Waals surface area contributed by atoms with Crippen LogP contribution in [-0.2, 0) is 12.8 Å². The number of benzene rings is 7. The number of allylic oxidation sites excluding steroid dienone is 2. The number of hydrogen-bond acceptors (Lipinski definition) is 2. The number of hydrogen-bond donors (Lipinski definition) is 0. The summed E-state index contributed by atoms with van der Waals surface area (Å²) >= 11 is 0. The minimum absolute atomic E-state index is 0.462. The van der Waals surface area contributed by atoms with Crippen LogP contribution in [0.3, 0.4) is 0 Å². The van der Waals surface area contributed by atoms with Gasteiger partial charge in [-0.1, -0.05) is 122 Å². The van der Waals surface area contributed by atoms with Gasteiger partial charge in [-0.25, -0.2) is 0 Å². The fraction of sp³-hybridized carbons (Fsp3) is 0.102. The topological polar surface area (TPSA) is 26.3 Å². The highest BCUT2D eigenvalue weighted by atomic mass is 16.3. The Morgan fingerprint density at radius 1 is 0.529 bits per heavy atom. The summed E-state index contributed by atoms with van der Waals surface area (Å²) in [6.45, 7) is 2.27. The Labute approximate surface area is 295 Å². The maximum absolute atomic E-state index is 6.77. The lowest BCUT2D eigenvalue weighted by atomic mass is 9.84. The minimum atomic E-state index is 0.462. The first-order valence-electron chi connectivity index (χ1n) is 18.1. The highest BCUT2D eigenvalue weighted by molar-refractivity contribution is 6.22. The molecule has 9 aromatic rings. The van der Waals surface area contributed by atoms with Gasteiger partial charge in [0.1, 0.15) is 22.5 Å². The van der Waals surface area contributed by atoms with Crippen LogP contribution < -0.4 is 0 Å². The molecule has 0 radical (unpaired) electrons. The van der Waals surface area contributed by atoms with Gasteiger partial charge in [0.2, 0.25) is 0 Å². The van der Waals surface area contributed by atoms with E-state index >= 15 is 0 Å². The Kier molecular flexibility index (Phi) is 6.15. The standard InChI is InChI=1S/C49H34O2/c1-29-21-24-44-40(25-29)42-28-41-35-15-8-9-20-43(35)50-48(41)47(49(42)51-44)33-14-10-13-32(27-33)45-36-16-4-6-18-38(36)46(39-19-7-5-17-37(39)45)34-23-22-30-11-2-3-12-31(30)26-34/h3-10,12-24,26-29H,2,11,25H2,1H3/t29-/m1/s1. The van der Waals surface area contributed by atoms with Crippen molar-refractivity contribution in [2.45, 2.75) is 26.2 Å². The fourth-order valence-electron chi connectivity index (χ4n) is 8.89. The van der Waals surface area contributed by atoms with Gasteiger partial charge in [-0.3, -0.25) is 0 Å². The summed E-state index contributed by atoms with van der Waals surface area (Å²) in [5, 5.41) is 8.46. The third kappa shape index (κ3) is 4.29. The largest absolute Gasteiger partial charge is 0.456 e. The summed E-state index contributed by atoms with van der Waals surface area (Å²) in [5.41, 5.74) is 13.8. The Morgan fingerprint density at radius 2 is 1.18 bits per heavy atom. The molecule has 2 heterocycles. The Morgan fingerprint density at radius 3 is 1.92 bits per heavy atom. The van der Waals surface area contributed by atoms with E-state index in [1.165, 1.54) is 65.9 Å². The van der Waals surface area contributed by atoms with Gasteiger partial charge in [-0.2, -0.15) is 0 Å². The van der Waals surface area contributed by atoms with Gasteiger partial charge in [-0.05, 0) is 116 Å². The second-order valence-corrected chi connectivity index (χ2v) is 14.4. The van der Waals surface area contributed by atoms with Gasteiger partial charge >= 0.3 is 0 Å². The van der Waals surface area contributed by atoms with Crippen molar-refractivity contribution >= 4 is 66.6 Å². The lowest BCUT2D eigenvalue weighted by Gasteiger charge is -2.19. The molecule has 0 unspecified atom stereocenters. The average Bonchev–Trinajstić information content (AvgIpc) is 3.73. The van der Waals surface area contributed by atoms with Crippen LogP contribution in [0.25, 0.3) is 100.0 Å². The normalized spacial score (nSPS) is 15.4. The van der Waals surface area contributed by atoms with E-state index in [4.69, 9.17) is 8.83 Å². The van der Waals surface area contributed by atoms with E-state index in [-0.39, 0.29) is 0 Å². The van der Waals surface area contributed by atoms with Crippen LogP contribution in [0.2, 0.25) is 0 Å². The molecule has 0 spiro atoms. The van der Waals surface area contributed by atoms with Crippen molar-refractivity contribution < 1.29 is 8.83 Å². The predicted octanol–water partition coefficient (Wildman–Crippen LogP) is 13.8. The summed E-state index contributed by atoms with van der Waals surface area (Å²) in [6.07, 6.45) is 12.2. The van der Waals surface area contributed by atoms with Crippen molar-refractivity contribution in [3.63, 3.8) is 0 Å². The monoisotopic (exact) mass is 654 g/mol. The second-order valence-electron chi connectivity index (χ2n) is 14.4. The number of rotatable bonds is 3. The van der Waals surface area contributed by atoms with Gasteiger partial charge in [0.15, 0.2) is 0 Å². The quantitative estimate of drug-likeness (QED) is 0.177. The molecule has 0 aliphatic heterocycles. The summed E-state index contributed by atoms with van der Waals surface area (Å²) in [7, 11) is 0. The zero-order valence-corrected chi connectivity index (χ0v) is 28.4. The summed E-state index contributed by atoms with van der Waals surface area (Å²) < 4.78 is 13.5.